The van der Waals surface area contributed by atoms with Gasteiger partial charge >= 0.3 is 6.36 Å². The second-order valence-corrected chi connectivity index (χ2v) is 6.94. The number of alkyl halides is 3. The average Bonchev–Trinajstić information content (AvgIpc) is 2.79. The minimum absolute atomic E-state index is 0.107. The quantitative estimate of drug-likeness (QED) is 0.629. The Morgan fingerprint density at radius 1 is 0.903 bits per heavy atom. The Bertz CT molecular complexity index is 1040. The van der Waals surface area contributed by atoms with Crippen LogP contribution in [0.15, 0.2) is 67.0 Å². The van der Waals surface area contributed by atoms with Crippen molar-refractivity contribution < 1.29 is 22.7 Å². The number of aromatic nitrogens is 2. The molecule has 2 aromatic heterocycles. The number of nitrogens with zero attached hydrogens (tertiary/aromatic N) is 4. The van der Waals surface area contributed by atoms with Crippen molar-refractivity contribution in [3.8, 4) is 17.0 Å². The summed E-state index contributed by atoms with van der Waals surface area (Å²) in [6.07, 6.45) is -1.66. The van der Waals surface area contributed by atoms with E-state index in [1.807, 2.05) is 18.2 Å². The SMILES string of the molecule is O=C(c1ccc(OC(F)(F)F)c(-c2ccccn2)c1)N1CCN(c2ccccn2)CC1. The third-order valence-electron chi connectivity index (χ3n) is 4.93. The van der Waals surface area contributed by atoms with Gasteiger partial charge in [0, 0.05) is 49.7 Å². The molecular weight excluding hydrogens is 409 g/mol. The van der Waals surface area contributed by atoms with Crippen LogP contribution in [0.4, 0.5) is 19.0 Å². The first-order chi connectivity index (χ1) is 14.9. The van der Waals surface area contributed by atoms with Crippen molar-refractivity contribution in [3.63, 3.8) is 0 Å². The molecule has 0 bridgehead atoms. The Morgan fingerprint density at radius 2 is 1.61 bits per heavy atom. The number of benzene rings is 1. The van der Waals surface area contributed by atoms with Gasteiger partial charge in [-0.3, -0.25) is 9.78 Å². The van der Waals surface area contributed by atoms with Crippen LogP contribution < -0.4 is 9.64 Å². The van der Waals surface area contributed by atoms with Gasteiger partial charge in [-0.15, -0.1) is 13.2 Å². The zero-order chi connectivity index (χ0) is 21.8. The zero-order valence-electron chi connectivity index (χ0n) is 16.4. The Kier molecular flexibility index (Phi) is 5.75. The maximum atomic E-state index is 13.0. The van der Waals surface area contributed by atoms with Crippen LogP contribution in [0.3, 0.4) is 0 Å². The number of hydrogen-bond donors (Lipinski definition) is 0. The number of anilines is 1. The summed E-state index contributed by atoms with van der Waals surface area (Å²) in [6.45, 7) is 2.19. The van der Waals surface area contributed by atoms with E-state index in [-0.39, 0.29) is 22.7 Å². The van der Waals surface area contributed by atoms with Crippen LogP contribution >= 0.6 is 0 Å². The Hall–Kier alpha value is -3.62. The van der Waals surface area contributed by atoms with Crippen LogP contribution in [0.25, 0.3) is 11.3 Å². The molecule has 1 aromatic carbocycles. The van der Waals surface area contributed by atoms with Gasteiger partial charge in [-0.25, -0.2) is 4.98 Å². The van der Waals surface area contributed by atoms with E-state index in [1.165, 1.54) is 18.3 Å². The maximum absolute atomic E-state index is 13.0. The summed E-state index contributed by atoms with van der Waals surface area (Å²) in [5.74, 6) is 0.194. The minimum atomic E-state index is -4.85. The first-order valence-electron chi connectivity index (χ1n) is 9.67. The third kappa shape index (κ3) is 4.93. The van der Waals surface area contributed by atoms with Gasteiger partial charge in [-0.05, 0) is 42.5 Å². The molecular formula is C22H19F3N4O2. The van der Waals surface area contributed by atoms with Crippen molar-refractivity contribution in [2.45, 2.75) is 6.36 Å². The maximum Gasteiger partial charge on any atom is 0.573 e. The number of amides is 1. The molecule has 3 aromatic rings. The van der Waals surface area contributed by atoms with Crippen LogP contribution in [-0.2, 0) is 0 Å². The second-order valence-electron chi connectivity index (χ2n) is 6.94. The molecule has 1 aliphatic heterocycles. The lowest BCUT2D eigenvalue weighted by Gasteiger charge is -2.35. The van der Waals surface area contributed by atoms with Gasteiger partial charge in [0.05, 0.1) is 5.69 Å². The summed E-state index contributed by atoms with van der Waals surface area (Å²) < 4.78 is 42.7. The number of ether oxygens (including phenoxy) is 1. The fourth-order valence-corrected chi connectivity index (χ4v) is 3.46. The van der Waals surface area contributed by atoms with Gasteiger partial charge in [0.2, 0.25) is 0 Å². The van der Waals surface area contributed by atoms with E-state index in [2.05, 4.69) is 19.6 Å². The van der Waals surface area contributed by atoms with Gasteiger partial charge in [0.25, 0.3) is 5.91 Å². The van der Waals surface area contributed by atoms with E-state index in [0.29, 0.717) is 26.2 Å². The molecule has 0 spiro atoms. The van der Waals surface area contributed by atoms with Crippen LogP contribution in [0, 0.1) is 0 Å². The molecule has 1 amide bonds. The Labute approximate surface area is 176 Å². The summed E-state index contributed by atoms with van der Waals surface area (Å²) >= 11 is 0. The summed E-state index contributed by atoms with van der Waals surface area (Å²) in [5.41, 5.74) is 0.675. The molecule has 6 nitrogen and oxygen atoms in total. The summed E-state index contributed by atoms with van der Waals surface area (Å²) in [6, 6.07) is 14.5. The number of hydrogen-bond acceptors (Lipinski definition) is 5. The van der Waals surface area contributed by atoms with Gasteiger partial charge < -0.3 is 14.5 Å². The van der Waals surface area contributed by atoms with Gasteiger partial charge in [0.15, 0.2) is 0 Å². The first kappa shape index (κ1) is 20.6. The lowest BCUT2D eigenvalue weighted by atomic mass is 10.0. The molecule has 0 radical (unpaired) electrons. The number of rotatable bonds is 4. The molecule has 1 aliphatic rings. The molecule has 4 rings (SSSR count). The first-order valence-corrected chi connectivity index (χ1v) is 9.67. The van der Waals surface area contributed by atoms with Crippen LogP contribution in [0.2, 0.25) is 0 Å². The predicted molar refractivity (Wildman–Crippen MR) is 109 cm³/mol. The van der Waals surface area contributed by atoms with Crippen LogP contribution in [-0.4, -0.2) is 53.3 Å². The fraction of sp³-hybridized carbons (Fsp3) is 0.227. The molecule has 160 valence electrons. The largest absolute Gasteiger partial charge is 0.573 e. The number of piperazine rings is 1. The van der Waals surface area contributed by atoms with Crippen LogP contribution in [0.5, 0.6) is 5.75 Å². The van der Waals surface area contributed by atoms with E-state index in [4.69, 9.17) is 0 Å². The summed E-state index contributed by atoms with van der Waals surface area (Å²) in [7, 11) is 0. The molecule has 31 heavy (non-hydrogen) atoms. The van der Waals surface area contributed by atoms with Crippen molar-refractivity contribution in [1.82, 2.24) is 14.9 Å². The van der Waals surface area contributed by atoms with Gasteiger partial charge in [0.1, 0.15) is 11.6 Å². The zero-order valence-corrected chi connectivity index (χ0v) is 16.4. The molecule has 1 fully saturated rings. The number of carbonyl (C=O) groups excluding carboxylic acids is 1. The lowest BCUT2D eigenvalue weighted by Crippen LogP contribution is -2.49. The molecule has 1 saturated heterocycles. The minimum Gasteiger partial charge on any atom is -0.405 e. The molecule has 0 saturated carbocycles. The summed E-state index contributed by atoms with van der Waals surface area (Å²) in [5, 5.41) is 0. The highest BCUT2D eigenvalue weighted by Gasteiger charge is 2.33. The Balaban J connectivity index is 1.55. The smallest absolute Gasteiger partial charge is 0.405 e. The monoisotopic (exact) mass is 428 g/mol. The van der Waals surface area contributed by atoms with E-state index >= 15 is 0 Å². The molecule has 9 heteroatoms. The predicted octanol–water partition coefficient (Wildman–Crippen LogP) is 4.00. The normalized spacial score (nSPS) is 14.4. The molecule has 0 aliphatic carbocycles. The Morgan fingerprint density at radius 3 is 2.23 bits per heavy atom. The average molecular weight is 428 g/mol. The summed E-state index contributed by atoms with van der Waals surface area (Å²) in [4.78, 5) is 25.2. The van der Waals surface area contributed by atoms with Gasteiger partial charge in [-0.1, -0.05) is 12.1 Å². The van der Waals surface area contributed by atoms with Crippen molar-refractivity contribution in [2.24, 2.45) is 0 Å². The van der Waals surface area contributed by atoms with Crippen LogP contribution in [0.1, 0.15) is 10.4 Å². The number of carbonyl (C=O) groups is 1. The molecule has 0 N–H and O–H groups in total. The highest BCUT2D eigenvalue weighted by atomic mass is 19.4. The molecule has 0 unspecified atom stereocenters. The van der Waals surface area contributed by atoms with E-state index < -0.39 is 12.1 Å². The van der Waals surface area contributed by atoms with E-state index in [1.54, 1.807) is 29.3 Å². The van der Waals surface area contributed by atoms with Crippen molar-refractivity contribution in [3.05, 3.63) is 72.6 Å². The fourth-order valence-electron chi connectivity index (χ4n) is 3.46. The van der Waals surface area contributed by atoms with E-state index in [9.17, 15) is 18.0 Å². The standard InChI is InChI=1S/C22H19F3N4O2/c23-22(24,25)31-19-8-7-16(15-17(19)18-5-1-3-9-26-18)21(30)29-13-11-28(12-14-29)20-6-2-4-10-27-20/h1-10,15H,11-14H2. The number of halogens is 3. The molecule has 3 heterocycles. The highest BCUT2D eigenvalue weighted by Crippen LogP contribution is 2.34. The third-order valence-corrected chi connectivity index (χ3v) is 4.93. The van der Waals surface area contributed by atoms with Crippen molar-refractivity contribution in [1.29, 1.82) is 0 Å². The molecule has 0 atom stereocenters. The topological polar surface area (TPSA) is 58.6 Å². The van der Waals surface area contributed by atoms with Crippen molar-refractivity contribution in [2.75, 3.05) is 31.1 Å². The number of pyridine rings is 2. The second kappa shape index (κ2) is 8.63. The van der Waals surface area contributed by atoms with E-state index in [0.717, 1.165) is 11.9 Å². The highest BCUT2D eigenvalue weighted by molar-refractivity contribution is 5.96. The van der Waals surface area contributed by atoms with Gasteiger partial charge in [-0.2, -0.15) is 0 Å². The van der Waals surface area contributed by atoms with Crippen molar-refractivity contribution >= 4 is 11.7 Å². The lowest BCUT2D eigenvalue weighted by molar-refractivity contribution is -0.274.